The molecule has 3 aromatic rings. The van der Waals surface area contributed by atoms with Crippen molar-refractivity contribution in [1.82, 2.24) is 4.57 Å². The first-order valence-corrected chi connectivity index (χ1v) is 8.15. The summed E-state index contributed by atoms with van der Waals surface area (Å²) >= 11 is 0. The number of oxazole rings is 1. The molecular weight excluding hydrogens is 336 g/mol. The van der Waals surface area contributed by atoms with Crippen molar-refractivity contribution >= 4 is 28.5 Å². The van der Waals surface area contributed by atoms with Gasteiger partial charge in [-0.15, -0.1) is 0 Å². The molecule has 0 saturated carbocycles. The van der Waals surface area contributed by atoms with Crippen LogP contribution in [-0.4, -0.2) is 29.9 Å². The minimum Gasteiger partial charge on any atom is -0.482 e. The van der Waals surface area contributed by atoms with E-state index in [0.29, 0.717) is 28.1 Å². The number of anilines is 1. The van der Waals surface area contributed by atoms with Crippen molar-refractivity contribution < 1.29 is 18.7 Å². The van der Waals surface area contributed by atoms with Crippen LogP contribution in [0.4, 0.5) is 5.69 Å². The highest BCUT2D eigenvalue weighted by atomic mass is 16.5. The first-order valence-electron chi connectivity index (χ1n) is 8.15. The molecular formula is C19H16N2O5. The third kappa shape index (κ3) is 2.40. The second kappa shape index (κ2) is 5.87. The molecule has 1 aliphatic heterocycles. The lowest BCUT2D eigenvalue weighted by atomic mass is 10.0. The Morgan fingerprint density at radius 3 is 2.73 bits per heavy atom. The van der Waals surface area contributed by atoms with E-state index in [1.165, 1.54) is 9.47 Å². The number of ketones is 1. The predicted molar refractivity (Wildman–Crippen MR) is 94.9 cm³/mol. The second-order valence-corrected chi connectivity index (χ2v) is 6.17. The van der Waals surface area contributed by atoms with Crippen LogP contribution in [0.3, 0.4) is 0 Å². The van der Waals surface area contributed by atoms with Crippen molar-refractivity contribution in [3.05, 3.63) is 58.6 Å². The van der Waals surface area contributed by atoms with Crippen LogP contribution in [0.25, 0.3) is 11.1 Å². The van der Waals surface area contributed by atoms with E-state index in [1.807, 2.05) is 0 Å². The molecule has 1 aromatic heterocycles. The largest absolute Gasteiger partial charge is 0.482 e. The Morgan fingerprint density at radius 1 is 1.15 bits per heavy atom. The lowest BCUT2D eigenvalue weighted by Gasteiger charge is -2.26. The fourth-order valence-corrected chi connectivity index (χ4v) is 3.13. The fourth-order valence-electron chi connectivity index (χ4n) is 3.13. The summed E-state index contributed by atoms with van der Waals surface area (Å²) in [6, 6.07) is 11.1. The van der Waals surface area contributed by atoms with Gasteiger partial charge in [0.25, 0.3) is 5.91 Å². The number of likely N-dealkylation sites (N-methyl/N-ethyl adjacent to an activating group) is 1. The summed E-state index contributed by atoms with van der Waals surface area (Å²) in [6.07, 6.45) is 0. The first-order chi connectivity index (χ1) is 12.5. The van der Waals surface area contributed by atoms with Gasteiger partial charge in [0.1, 0.15) is 11.8 Å². The van der Waals surface area contributed by atoms with Crippen LogP contribution in [0.2, 0.25) is 0 Å². The Morgan fingerprint density at radius 2 is 1.92 bits per heavy atom. The molecule has 1 atom stereocenters. The average Bonchev–Trinajstić information content (AvgIpc) is 2.99. The lowest BCUT2D eigenvalue weighted by Crippen LogP contribution is -2.35. The van der Waals surface area contributed by atoms with Crippen LogP contribution in [0.1, 0.15) is 23.3 Å². The Balaban J connectivity index is 1.75. The molecule has 2 heterocycles. The summed E-state index contributed by atoms with van der Waals surface area (Å²) in [4.78, 5) is 38.4. The zero-order valence-corrected chi connectivity index (χ0v) is 14.3. The molecule has 1 amide bonds. The molecule has 0 fully saturated rings. The molecule has 0 aliphatic carbocycles. The number of carbonyl (C=O) groups excluding carboxylic acids is 2. The molecule has 4 rings (SSSR count). The lowest BCUT2D eigenvalue weighted by molar-refractivity contribution is -0.120. The molecule has 0 bridgehead atoms. The molecule has 7 nitrogen and oxygen atoms in total. The van der Waals surface area contributed by atoms with Gasteiger partial charge in [0.15, 0.2) is 18.0 Å². The van der Waals surface area contributed by atoms with Gasteiger partial charge in [0.05, 0.1) is 11.2 Å². The molecule has 132 valence electrons. The number of Topliss-reactive ketones (excluding diaryl/α,β-unsaturated/α-hetero) is 1. The van der Waals surface area contributed by atoms with Gasteiger partial charge in [-0.1, -0.05) is 12.1 Å². The van der Waals surface area contributed by atoms with E-state index in [0.717, 1.165) is 0 Å². The number of rotatable bonds is 3. The number of ether oxygens (including phenoxy) is 1. The normalized spacial score (nSPS) is 14.8. The summed E-state index contributed by atoms with van der Waals surface area (Å²) in [5.74, 6) is -0.483. The van der Waals surface area contributed by atoms with Crippen molar-refractivity contribution in [2.24, 2.45) is 0 Å². The number of amides is 1. The standard InChI is InChI=1S/C19H16N2O5/c1-11(21-13-5-3-4-6-16(13)26-19(21)24)18(23)12-7-8-15-14(9-12)20(2)17(22)10-25-15/h3-9,11H,10H2,1-2H3. The van der Waals surface area contributed by atoms with Gasteiger partial charge >= 0.3 is 5.76 Å². The number of hydrogen-bond acceptors (Lipinski definition) is 5. The molecule has 0 radical (unpaired) electrons. The number of benzene rings is 2. The summed E-state index contributed by atoms with van der Waals surface area (Å²) in [6.45, 7) is 1.63. The Labute approximate surface area is 148 Å². The number of aromatic nitrogens is 1. The highest BCUT2D eigenvalue weighted by Crippen LogP contribution is 2.33. The van der Waals surface area contributed by atoms with E-state index in [9.17, 15) is 14.4 Å². The van der Waals surface area contributed by atoms with Crippen LogP contribution >= 0.6 is 0 Å². The fraction of sp³-hybridized carbons (Fsp3) is 0.211. The van der Waals surface area contributed by atoms with E-state index in [4.69, 9.17) is 9.15 Å². The Hall–Kier alpha value is -3.35. The third-order valence-electron chi connectivity index (χ3n) is 4.62. The van der Waals surface area contributed by atoms with Crippen LogP contribution in [0.5, 0.6) is 5.75 Å². The zero-order valence-electron chi connectivity index (χ0n) is 14.3. The first kappa shape index (κ1) is 16.1. The number of carbonyl (C=O) groups is 2. The van der Waals surface area contributed by atoms with Gasteiger partial charge in [-0.2, -0.15) is 0 Å². The molecule has 7 heteroatoms. The number of hydrogen-bond donors (Lipinski definition) is 0. The van der Waals surface area contributed by atoms with Gasteiger partial charge in [-0.3, -0.25) is 14.2 Å². The van der Waals surface area contributed by atoms with Crippen molar-refractivity contribution in [1.29, 1.82) is 0 Å². The number of fused-ring (bicyclic) bond motifs is 2. The molecule has 0 spiro atoms. The Kier molecular flexibility index (Phi) is 3.64. The molecule has 0 N–H and O–H groups in total. The quantitative estimate of drug-likeness (QED) is 0.676. The van der Waals surface area contributed by atoms with Crippen LogP contribution in [0, 0.1) is 0 Å². The van der Waals surface area contributed by atoms with E-state index in [2.05, 4.69) is 0 Å². The van der Waals surface area contributed by atoms with Crippen molar-refractivity contribution in [2.75, 3.05) is 18.6 Å². The van der Waals surface area contributed by atoms with Gasteiger partial charge < -0.3 is 14.1 Å². The summed E-state index contributed by atoms with van der Waals surface area (Å²) in [7, 11) is 1.63. The molecule has 26 heavy (non-hydrogen) atoms. The highest BCUT2D eigenvalue weighted by molar-refractivity contribution is 6.03. The predicted octanol–water partition coefficient (Wildman–Crippen LogP) is 2.39. The third-order valence-corrected chi connectivity index (χ3v) is 4.62. The molecule has 2 aromatic carbocycles. The van der Waals surface area contributed by atoms with Crippen LogP contribution in [0.15, 0.2) is 51.7 Å². The number of nitrogens with zero attached hydrogens (tertiary/aromatic N) is 2. The highest BCUT2D eigenvalue weighted by Gasteiger charge is 2.26. The maximum absolute atomic E-state index is 13.0. The maximum atomic E-state index is 13.0. The maximum Gasteiger partial charge on any atom is 0.420 e. The van der Waals surface area contributed by atoms with E-state index in [1.54, 1.807) is 56.4 Å². The van der Waals surface area contributed by atoms with Gasteiger partial charge in [-0.05, 0) is 37.3 Å². The topological polar surface area (TPSA) is 81.8 Å². The minimum absolute atomic E-state index is 0.0242. The number of para-hydroxylation sites is 2. The molecule has 1 aliphatic rings. The second-order valence-electron chi connectivity index (χ2n) is 6.17. The summed E-state index contributed by atoms with van der Waals surface area (Å²) < 4.78 is 11.9. The molecule has 0 saturated heterocycles. The summed E-state index contributed by atoms with van der Waals surface area (Å²) in [5, 5.41) is 0. The van der Waals surface area contributed by atoms with Crippen molar-refractivity contribution in [3.63, 3.8) is 0 Å². The van der Waals surface area contributed by atoms with Crippen LogP contribution in [-0.2, 0) is 4.79 Å². The van der Waals surface area contributed by atoms with Crippen LogP contribution < -0.4 is 15.4 Å². The van der Waals surface area contributed by atoms with Crippen molar-refractivity contribution in [2.45, 2.75) is 13.0 Å². The van der Waals surface area contributed by atoms with Gasteiger partial charge in [0.2, 0.25) is 0 Å². The van der Waals surface area contributed by atoms with Gasteiger partial charge in [-0.25, -0.2) is 4.79 Å². The molecule has 1 unspecified atom stereocenters. The minimum atomic E-state index is -0.755. The smallest absolute Gasteiger partial charge is 0.420 e. The Bertz CT molecular complexity index is 1090. The average molecular weight is 352 g/mol. The SMILES string of the molecule is CC(C(=O)c1ccc2c(c1)N(C)C(=O)CO2)n1c(=O)oc2ccccc21. The monoisotopic (exact) mass is 352 g/mol. The van der Waals surface area contributed by atoms with Gasteiger partial charge in [0, 0.05) is 12.6 Å². The summed E-state index contributed by atoms with van der Waals surface area (Å²) in [5.41, 5.74) is 1.91. The van der Waals surface area contributed by atoms with E-state index < -0.39 is 11.8 Å². The van der Waals surface area contributed by atoms with E-state index >= 15 is 0 Å². The van der Waals surface area contributed by atoms with Crippen molar-refractivity contribution in [3.8, 4) is 5.75 Å². The zero-order chi connectivity index (χ0) is 18.4. The van der Waals surface area contributed by atoms with E-state index in [-0.39, 0.29) is 18.3 Å².